The quantitative estimate of drug-likeness (QED) is 0.205. The van der Waals surface area contributed by atoms with Crippen LogP contribution in [0.2, 0.25) is 0 Å². The first-order valence-electron chi connectivity index (χ1n) is 15.0. The van der Waals surface area contributed by atoms with Gasteiger partial charge in [0.2, 0.25) is 5.91 Å². The summed E-state index contributed by atoms with van der Waals surface area (Å²) in [5, 5.41) is 21.5. The second-order valence-corrected chi connectivity index (χ2v) is 12.7. The molecule has 0 aromatic heterocycles. The number of para-hydroxylation sites is 1. The highest BCUT2D eigenvalue weighted by molar-refractivity contribution is 7.99. The van der Waals surface area contributed by atoms with E-state index in [9.17, 15) is 19.5 Å². The van der Waals surface area contributed by atoms with Crippen molar-refractivity contribution in [3.63, 3.8) is 0 Å². The summed E-state index contributed by atoms with van der Waals surface area (Å²) in [5.74, 6) is 0.0543. The van der Waals surface area contributed by atoms with Crippen LogP contribution in [0.1, 0.15) is 45.2 Å². The van der Waals surface area contributed by atoms with Gasteiger partial charge in [-0.3, -0.25) is 9.59 Å². The SMILES string of the molecule is CCNC(=O)NCc1ccccc1-c1ccc(CN2C(=O)[C@H](NC(=O)CC(C)(C)NC[C@@H](C)O)CSc3ccccc32)cc1. The zero-order valence-corrected chi connectivity index (χ0v) is 26.7. The van der Waals surface area contributed by atoms with Crippen molar-refractivity contribution in [3.8, 4) is 11.1 Å². The van der Waals surface area contributed by atoms with Crippen LogP contribution in [-0.4, -0.2) is 59.5 Å². The Bertz CT molecular complexity index is 1440. The number of hydrogen-bond donors (Lipinski definition) is 5. The Morgan fingerprint density at radius 3 is 2.45 bits per heavy atom. The lowest BCUT2D eigenvalue weighted by atomic mass is 9.98. The van der Waals surface area contributed by atoms with Crippen LogP contribution in [-0.2, 0) is 22.7 Å². The lowest BCUT2D eigenvalue weighted by Crippen LogP contribution is -2.52. The van der Waals surface area contributed by atoms with Crippen LogP contribution < -0.4 is 26.2 Å². The number of rotatable bonds is 12. The third-order valence-electron chi connectivity index (χ3n) is 7.34. The zero-order valence-electron chi connectivity index (χ0n) is 25.9. The van der Waals surface area contributed by atoms with Crippen LogP contribution in [0, 0.1) is 0 Å². The highest BCUT2D eigenvalue weighted by Crippen LogP contribution is 2.35. The Balaban J connectivity index is 1.50. The number of amides is 4. The molecule has 0 spiro atoms. The molecule has 0 bridgehead atoms. The Morgan fingerprint density at radius 1 is 1.02 bits per heavy atom. The van der Waals surface area contributed by atoms with Crippen LogP contribution in [0.4, 0.5) is 10.5 Å². The van der Waals surface area contributed by atoms with E-state index in [1.807, 2.05) is 93.6 Å². The van der Waals surface area contributed by atoms with Crippen LogP contribution in [0.25, 0.3) is 11.1 Å². The second kappa shape index (κ2) is 15.2. The molecule has 0 radical (unpaired) electrons. The lowest BCUT2D eigenvalue weighted by molar-refractivity contribution is -0.127. The molecule has 0 fully saturated rings. The van der Waals surface area contributed by atoms with Crippen molar-refractivity contribution in [1.29, 1.82) is 0 Å². The molecule has 4 amide bonds. The van der Waals surface area contributed by atoms with Crippen molar-refractivity contribution < 1.29 is 19.5 Å². The first-order valence-corrected chi connectivity index (χ1v) is 16.0. The fourth-order valence-corrected chi connectivity index (χ4v) is 6.15. The van der Waals surface area contributed by atoms with E-state index in [1.165, 1.54) is 0 Å². The monoisotopic (exact) mass is 617 g/mol. The average molecular weight is 618 g/mol. The number of thioether (sulfide) groups is 1. The van der Waals surface area contributed by atoms with E-state index in [4.69, 9.17) is 0 Å². The molecule has 234 valence electrons. The summed E-state index contributed by atoms with van der Waals surface area (Å²) in [6, 6.07) is 23.0. The number of nitrogens with one attached hydrogen (secondary N) is 4. The second-order valence-electron chi connectivity index (χ2n) is 11.7. The van der Waals surface area contributed by atoms with E-state index in [2.05, 4.69) is 21.3 Å². The molecule has 0 unspecified atom stereocenters. The van der Waals surface area contributed by atoms with Crippen molar-refractivity contribution >= 4 is 35.3 Å². The van der Waals surface area contributed by atoms with Crippen molar-refractivity contribution in [1.82, 2.24) is 21.3 Å². The van der Waals surface area contributed by atoms with Gasteiger partial charge in [-0.15, -0.1) is 11.8 Å². The van der Waals surface area contributed by atoms with Gasteiger partial charge in [-0.1, -0.05) is 60.7 Å². The highest BCUT2D eigenvalue weighted by Gasteiger charge is 2.33. The van der Waals surface area contributed by atoms with Crippen molar-refractivity contribution in [2.24, 2.45) is 0 Å². The van der Waals surface area contributed by atoms with Gasteiger partial charge < -0.3 is 31.3 Å². The minimum Gasteiger partial charge on any atom is -0.392 e. The molecule has 0 saturated heterocycles. The molecule has 3 aromatic carbocycles. The standard InChI is InChI=1S/C34H43N5O4S/c1-5-35-33(43)36-20-26-10-6-7-11-27(26)25-16-14-24(15-17-25)21-39-29-12-8-9-13-30(29)44-22-28(32(39)42)38-31(41)18-34(3,4)37-19-23(2)40/h6-17,23,28,37,40H,5,18-22H2,1-4H3,(H,38,41)(H2,35,36,43)/t23-,28-/m1/s1. The Hall–Kier alpha value is -3.86. The summed E-state index contributed by atoms with van der Waals surface area (Å²) in [6.07, 6.45) is -0.355. The maximum Gasteiger partial charge on any atom is 0.315 e. The summed E-state index contributed by atoms with van der Waals surface area (Å²) < 4.78 is 0. The maximum atomic E-state index is 13.9. The van der Waals surface area contributed by atoms with E-state index >= 15 is 0 Å². The summed E-state index contributed by atoms with van der Waals surface area (Å²) in [5.41, 5.74) is 4.28. The van der Waals surface area contributed by atoms with Gasteiger partial charge >= 0.3 is 6.03 Å². The first kappa shape index (κ1) is 33.0. The van der Waals surface area contributed by atoms with Gasteiger partial charge in [0.15, 0.2) is 0 Å². The number of aliphatic hydroxyl groups is 1. The van der Waals surface area contributed by atoms with Gasteiger partial charge in [0.25, 0.3) is 5.91 Å². The topological polar surface area (TPSA) is 123 Å². The van der Waals surface area contributed by atoms with Crippen LogP contribution >= 0.6 is 11.8 Å². The molecule has 1 heterocycles. The number of urea groups is 1. The minimum atomic E-state index is -0.684. The number of benzene rings is 3. The van der Waals surface area contributed by atoms with Crippen LogP contribution in [0.15, 0.2) is 77.7 Å². The summed E-state index contributed by atoms with van der Waals surface area (Å²) in [6.45, 7) is 9.07. The molecule has 1 aliphatic heterocycles. The van der Waals surface area contributed by atoms with Gasteiger partial charge in [-0.2, -0.15) is 0 Å². The first-order chi connectivity index (χ1) is 21.1. The number of carbonyl (C=O) groups is 3. The molecule has 0 aliphatic carbocycles. The number of fused-ring (bicyclic) bond motifs is 1. The molecular formula is C34H43N5O4S. The van der Waals surface area contributed by atoms with Gasteiger partial charge in [-0.25, -0.2) is 4.79 Å². The predicted molar refractivity (Wildman–Crippen MR) is 176 cm³/mol. The van der Waals surface area contributed by atoms with E-state index in [0.717, 1.165) is 32.8 Å². The molecule has 9 nitrogen and oxygen atoms in total. The fourth-order valence-electron chi connectivity index (χ4n) is 5.08. The van der Waals surface area contributed by atoms with Crippen molar-refractivity contribution in [2.45, 2.75) is 69.8 Å². The largest absolute Gasteiger partial charge is 0.392 e. The molecule has 5 N–H and O–H groups in total. The van der Waals surface area contributed by atoms with Gasteiger partial charge in [0.05, 0.1) is 18.3 Å². The van der Waals surface area contributed by atoms with Crippen molar-refractivity contribution in [2.75, 3.05) is 23.7 Å². The molecule has 4 rings (SSSR count). The Morgan fingerprint density at radius 2 is 1.73 bits per heavy atom. The van der Waals surface area contributed by atoms with E-state index < -0.39 is 17.7 Å². The Kier molecular flexibility index (Phi) is 11.4. The fraction of sp³-hybridized carbons (Fsp3) is 0.382. The molecular weight excluding hydrogens is 574 g/mol. The predicted octanol–water partition coefficient (Wildman–Crippen LogP) is 4.44. The van der Waals surface area contributed by atoms with Crippen LogP contribution in [0.5, 0.6) is 0 Å². The summed E-state index contributed by atoms with van der Waals surface area (Å²) >= 11 is 1.56. The van der Waals surface area contributed by atoms with Crippen LogP contribution in [0.3, 0.4) is 0 Å². The van der Waals surface area contributed by atoms with Gasteiger partial charge in [0.1, 0.15) is 6.04 Å². The molecule has 3 aromatic rings. The van der Waals surface area contributed by atoms with Gasteiger partial charge in [-0.05, 0) is 62.1 Å². The number of nitrogens with zero attached hydrogens (tertiary/aromatic N) is 1. The molecule has 0 saturated carbocycles. The number of aliphatic hydroxyl groups excluding tert-OH is 1. The van der Waals surface area contributed by atoms with E-state index in [0.29, 0.717) is 31.9 Å². The number of carbonyl (C=O) groups excluding carboxylic acids is 3. The Labute approximate surface area is 264 Å². The highest BCUT2D eigenvalue weighted by atomic mass is 32.2. The lowest BCUT2D eigenvalue weighted by Gasteiger charge is -2.29. The van der Waals surface area contributed by atoms with Gasteiger partial charge in [0, 0.05) is 42.2 Å². The molecule has 44 heavy (non-hydrogen) atoms. The maximum absolute atomic E-state index is 13.9. The molecule has 1 aliphatic rings. The zero-order chi connectivity index (χ0) is 31.7. The summed E-state index contributed by atoms with van der Waals surface area (Å²) in [7, 11) is 0. The number of anilines is 1. The molecule has 2 atom stereocenters. The van der Waals surface area contributed by atoms with Crippen molar-refractivity contribution in [3.05, 3.63) is 83.9 Å². The molecule has 10 heteroatoms. The third kappa shape index (κ3) is 9.07. The van der Waals surface area contributed by atoms with E-state index in [1.54, 1.807) is 23.6 Å². The third-order valence-corrected chi connectivity index (χ3v) is 8.50. The van der Waals surface area contributed by atoms with E-state index in [-0.39, 0.29) is 24.3 Å². The number of β-amino-alcohol motifs (C(OH)–C–C–N with tert-alkyl or cyclic N) is 1. The number of hydrogen-bond acceptors (Lipinski definition) is 6. The smallest absolute Gasteiger partial charge is 0.315 e. The normalized spacial score (nSPS) is 15.6. The minimum absolute atomic E-state index is 0.156. The summed E-state index contributed by atoms with van der Waals surface area (Å²) in [4.78, 5) is 41.7. The average Bonchev–Trinajstić information content (AvgIpc) is 3.12.